The minimum Gasteiger partial charge on any atom is -0.377 e. The van der Waals surface area contributed by atoms with Crippen molar-refractivity contribution in [1.82, 2.24) is 10.0 Å². The molecule has 2 N–H and O–H groups in total. The van der Waals surface area contributed by atoms with Crippen LogP contribution in [0.1, 0.15) is 39.0 Å². The lowest BCUT2D eigenvalue weighted by Crippen LogP contribution is -2.36. The van der Waals surface area contributed by atoms with Crippen LogP contribution in [0.2, 0.25) is 0 Å². The molecule has 1 fully saturated rings. The summed E-state index contributed by atoms with van der Waals surface area (Å²) in [5, 5.41) is 3.18. The Morgan fingerprint density at radius 2 is 2.11 bits per heavy atom. The SMILES string of the molecule is CCNCCCCS(=O)(=O)NCC1CCCCO1. The Morgan fingerprint density at radius 1 is 1.28 bits per heavy atom. The van der Waals surface area contributed by atoms with Crippen molar-refractivity contribution in [3.8, 4) is 0 Å². The highest BCUT2D eigenvalue weighted by Crippen LogP contribution is 2.11. The van der Waals surface area contributed by atoms with Crippen molar-refractivity contribution >= 4 is 10.0 Å². The Morgan fingerprint density at radius 3 is 2.78 bits per heavy atom. The first-order valence-corrected chi connectivity index (χ1v) is 8.59. The average molecular weight is 278 g/mol. The first-order valence-electron chi connectivity index (χ1n) is 6.93. The monoisotopic (exact) mass is 278 g/mol. The maximum Gasteiger partial charge on any atom is 0.211 e. The van der Waals surface area contributed by atoms with Crippen LogP contribution in [0.5, 0.6) is 0 Å². The molecule has 1 heterocycles. The molecule has 108 valence electrons. The molecule has 0 amide bonds. The minimum absolute atomic E-state index is 0.0651. The van der Waals surface area contributed by atoms with Crippen LogP contribution in [0.15, 0.2) is 0 Å². The minimum atomic E-state index is -3.13. The Labute approximate surface area is 111 Å². The first kappa shape index (κ1) is 15.9. The van der Waals surface area contributed by atoms with Crippen LogP contribution in [-0.2, 0) is 14.8 Å². The molecule has 0 spiro atoms. The summed E-state index contributed by atoms with van der Waals surface area (Å²) in [6.45, 7) is 5.05. The van der Waals surface area contributed by atoms with E-state index in [0.717, 1.165) is 45.4 Å². The Hall–Kier alpha value is -0.170. The lowest BCUT2D eigenvalue weighted by Gasteiger charge is -2.22. The van der Waals surface area contributed by atoms with Crippen molar-refractivity contribution in [2.45, 2.75) is 45.1 Å². The molecule has 0 aromatic heterocycles. The van der Waals surface area contributed by atoms with Crippen LogP contribution in [0, 0.1) is 0 Å². The quantitative estimate of drug-likeness (QED) is 0.614. The summed E-state index contributed by atoms with van der Waals surface area (Å²) in [6.07, 6.45) is 4.85. The molecule has 1 saturated heterocycles. The summed E-state index contributed by atoms with van der Waals surface area (Å²) in [7, 11) is -3.13. The average Bonchev–Trinajstić information content (AvgIpc) is 2.38. The summed E-state index contributed by atoms with van der Waals surface area (Å²) < 4.78 is 31.6. The molecule has 1 aliphatic heterocycles. The molecule has 1 atom stereocenters. The fraction of sp³-hybridized carbons (Fsp3) is 1.00. The Kier molecular flexibility index (Phi) is 7.81. The predicted octanol–water partition coefficient (Wildman–Crippen LogP) is 0.865. The zero-order valence-corrected chi connectivity index (χ0v) is 12.1. The van der Waals surface area contributed by atoms with Gasteiger partial charge in [-0.05, 0) is 45.2 Å². The number of sulfonamides is 1. The maximum absolute atomic E-state index is 11.7. The van der Waals surface area contributed by atoms with Crippen LogP contribution in [0.4, 0.5) is 0 Å². The van der Waals surface area contributed by atoms with Gasteiger partial charge in [0.25, 0.3) is 0 Å². The predicted molar refractivity (Wildman–Crippen MR) is 73.2 cm³/mol. The number of ether oxygens (including phenoxy) is 1. The van der Waals surface area contributed by atoms with Gasteiger partial charge in [0.15, 0.2) is 0 Å². The summed E-state index contributed by atoms with van der Waals surface area (Å²) in [6, 6.07) is 0. The molecule has 0 aliphatic carbocycles. The van der Waals surface area contributed by atoms with E-state index in [1.165, 1.54) is 0 Å². The Balaban J connectivity index is 2.10. The normalized spacial score (nSPS) is 21.1. The second kappa shape index (κ2) is 8.85. The highest BCUT2D eigenvalue weighted by atomic mass is 32.2. The largest absolute Gasteiger partial charge is 0.377 e. The van der Waals surface area contributed by atoms with Crippen LogP contribution in [0.25, 0.3) is 0 Å². The van der Waals surface area contributed by atoms with Gasteiger partial charge in [-0.25, -0.2) is 13.1 Å². The van der Waals surface area contributed by atoms with Gasteiger partial charge >= 0.3 is 0 Å². The van der Waals surface area contributed by atoms with Gasteiger partial charge in [-0.1, -0.05) is 6.92 Å². The molecule has 1 unspecified atom stereocenters. The zero-order valence-electron chi connectivity index (χ0n) is 11.3. The fourth-order valence-corrected chi connectivity index (χ4v) is 3.15. The second-order valence-electron chi connectivity index (χ2n) is 4.72. The lowest BCUT2D eigenvalue weighted by atomic mass is 10.1. The highest BCUT2D eigenvalue weighted by Gasteiger charge is 2.17. The van der Waals surface area contributed by atoms with Gasteiger partial charge in [0, 0.05) is 13.2 Å². The molecule has 18 heavy (non-hydrogen) atoms. The van der Waals surface area contributed by atoms with Crippen LogP contribution < -0.4 is 10.0 Å². The smallest absolute Gasteiger partial charge is 0.211 e. The van der Waals surface area contributed by atoms with Crippen molar-refractivity contribution in [3.63, 3.8) is 0 Å². The van der Waals surface area contributed by atoms with Gasteiger partial charge in [0.05, 0.1) is 11.9 Å². The molecule has 6 heteroatoms. The Bertz CT molecular complexity index is 300. The van der Waals surface area contributed by atoms with Gasteiger partial charge in [0.2, 0.25) is 10.0 Å². The molecule has 0 aromatic rings. The van der Waals surface area contributed by atoms with Crippen molar-refractivity contribution in [2.75, 3.05) is 32.0 Å². The number of nitrogens with one attached hydrogen (secondary N) is 2. The standard InChI is InChI=1S/C12H26N2O3S/c1-2-13-8-4-6-10-18(15,16)14-11-12-7-3-5-9-17-12/h12-14H,2-11H2,1H3. The van der Waals surface area contributed by atoms with Crippen LogP contribution in [-0.4, -0.2) is 46.5 Å². The molecule has 0 aromatic carbocycles. The lowest BCUT2D eigenvalue weighted by molar-refractivity contribution is 0.0200. The summed E-state index contributed by atoms with van der Waals surface area (Å²) in [5.41, 5.74) is 0. The number of hydrogen-bond donors (Lipinski definition) is 2. The summed E-state index contributed by atoms with van der Waals surface area (Å²) in [4.78, 5) is 0. The molecule has 0 bridgehead atoms. The third-order valence-corrected chi connectivity index (χ3v) is 4.50. The van der Waals surface area contributed by atoms with E-state index in [2.05, 4.69) is 10.0 Å². The van der Waals surface area contributed by atoms with Gasteiger partial charge in [-0.3, -0.25) is 0 Å². The van der Waals surface area contributed by atoms with Crippen molar-refractivity contribution in [3.05, 3.63) is 0 Å². The number of rotatable bonds is 9. The van der Waals surface area contributed by atoms with E-state index < -0.39 is 10.0 Å². The maximum atomic E-state index is 11.7. The van der Waals surface area contributed by atoms with Crippen LogP contribution >= 0.6 is 0 Å². The van der Waals surface area contributed by atoms with E-state index in [0.29, 0.717) is 13.0 Å². The second-order valence-corrected chi connectivity index (χ2v) is 6.64. The summed E-state index contributed by atoms with van der Waals surface area (Å²) in [5.74, 6) is 0.213. The number of unbranched alkanes of at least 4 members (excludes halogenated alkanes) is 1. The van der Waals surface area contributed by atoms with E-state index >= 15 is 0 Å². The van der Waals surface area contributed by atoms with Gasteiger partial charge in [0.1, 0.15) is 0 Å². The molecule has 1 aliphatic rings. The van der Waals surface area contributed by atoms with Gasteiger partial charge in [-0.15, -0.1) is 0 Å². The fourth-order valence-electron chi connectivity index (χ4n) is 1.98. The zero-order chi connectivity index (χ0) is 13.3. The van der Waals surface area contributed by atoms with Gasteiger partial charge < -0.3 is 10.1 Å². The molecular formula is C12H26N2O3S. The van der Waals surface area contributed by atoms with Crippen molar-refractivity contribution < 1.29 is 13.2 Å². The highest BCUT2D eigenvalue weighted by molar-refractivity contribution is 7.89. The van der Waals surface area contributed by atoms with E-state index in [1.54, 1.807) is 0 Å². The third-order valence-electron chi connectivity index (χ3n) is 3.07. The summed E-state index contributed by atoms with van der Waals surface area (Å²) >= 11 is 0. The van der Waals surface area contributed by atoms with E-state index in [1.807, 2.05) is 6.92 Å². The third kappa shape index (κ3) is 7.31. The molecule has 0 radical (unpaired) electrons. The molecule has 0 saturated carbocycles. The molecule has 1 rings (SSSR count). The molecular weight excluding hydrogens is 252 g/mol. The molecule has 5 nitrogen and oxygen atoms in total. The first-order chi connectivity index (χ1) is 8.64. The van der Waals surface area contributed by atoms with Crippen LogP contribution in [0.3, 0.4) is 0 Å². The van der Waals surface area contributed by atoms with E-state index in [9.17, 15) is 8.42 Å². The topological polar surface area (TPSA) is 67.4 Å². The number of hydrogen-bond acceptors (Lipinski definition) is 4. The van der Waals surface area contributed by atoms with E-state index in [4.69, 9.17) is 4.74 Å². The van der Waals surface area contributed by atoms with E-state index in [-0.39, 0.29) is 11.9 Å². The van der Waals surface area contributed by atoms with Gasteiger partial charge in [-0.2, -0.15) is 0 Å². The van der Waals surface area contributed by atoms with Crippen molar-refractivity contribution in [1.29, 1.82) is 0 Å². The van der Waals surface area contributed by atoms with Crippen molar-refractivity contribution in [2.24, 2.45) is 0 Å².